The fourth-order valence-electron chi connectivity index (χ4n) is 4.99. The van der Waals surface area contributed by atoms with Gasteiger partial charge in [-0.05, 0) is 69.9 Å². The van der Waals surface area contributed by atoms with E-state index in [4.69, 9.17) is 0 Å². The van der Waals surface area contributed by atoms with E-state index in [1.165, 1.54) is 24.0 Å². The van der Waals surface area contributed by atoms with Gasteiger partial charge in [-0.25, -0.2) is 9.97 Å². The Morgan fingerprint density at radius 2 is 1.44 bits per heavy atom. The Morgan fingerprint density at radius 3 is 2.00 bits per heavy atom. The van der Waals surface area contributed by atoms with Crippen LogP contribution in [0.4, 0.5) is 0 Å². The van der Waals surface area contributed by atoms with Crippen molar-refractivity contribution in [2.75, 3.05) is 32.7 Å². The minimum absolute atomic E-state index is 0.0989. The summed E-state index contributed by atoms with van der Waals surface area (Å²) in [6.45, 7) is 13.8. The molecule has 1 unspecified atom stereocenters. The molecular weight excluding hydrogens is 490 g/mol. The minimum Gasteiger partial charge on any atom is -0.481 e. The summed E-state index contributed by atoms with van der Waals surface area (Å²) in [6, 6.07) is 8.82. The van der Waals surface area contributed by atoms with Crippen molar-refractivity contribution in [3.63, 3.8) is 0 Å². The quantitative estimate of drug-likeness (QED) is 0.173. The van der Waals surface area contributed by atoms with Crippen LogP contribution in [0.25, 0.3) is 0 Å². The lowest BCUT2D eigenvalue weighted by molar-refractivity contribution is -0.137. The number of nitrogens with one attached hydrogen (secondary N) is 2. The normalized spacial score (nSPS) is 12.6. The van der Waals surface area contributed by atoms with Crippen molar-refractivity contribution in [1.82, 2.24) is 34.6 Å². The number of aromatic nitrogens is 4. The largest absolute Gasteiger partial charge is 0.481 e. The summed E-state index contributed by atoms with van der Waals surface area (Å²) in [5.74, 6) is 1.11. The standard InChI is InChI=1S/C30H47N7O2/c1-4-17-35(18-5-2)19-6-7-20-36(21-12-29(38)39)22-26-8-10-27(11-9-26)23-37(24-28-31-13-14-32-28)25(3)30-33-15-16-34-30/h8-11,13-16,25H,4-7,12,17-24H2,1-3H3,(H,31,32)(H,33,34)(H,38,39). The molecule has 1 aromatic carbocycles. The van der Waals surface area contributed by atoms with E-state index in [2.05, 4.69) is 79.7 Å². The summed E-state index contributed by atoms with van der Waals surface area (Å²) in [5.41, 5.74) is 2.42. The van der Waals surface area contributed by atoms with E-state index >= 15 is 0 Å². The van der Waals surface area contributed by atoms with E-state index in [9.17, 15) is 9.90 Å². The second-order valence-electron chi connectivity index (χ2n) is 10.4. The Bertz CT molecular complexity index is 1030. The molecule has 0 spiro atoms. The molecule has 0 amide bonds. The molecule has 0 fully saturated rings. The van der Waals surface area contributed by atoms with Gasteiger partial charge in [0.05, 0.1) is 19.0 Å². The third-order valence-corrected chi connectivity index (χ3v) is 7.11. The van der Waals surface area contributed by atoms with E-state index in [0.717, 1.165) is 63.8 Å². The first-order chi connectivity index (χ1) is 19.0. The van der Waals surface area contributed by atoms with Crippen LogP contribution in [0.2, 0.25) is 0 Å². The zero-order valence-corrected chi connectivity index (χ0v) is 24.0. The summed E-state index contributed by atoms with van der Waals surface area (Å²) in [5, 5.41) is 9.27. The zero-order chi connectivity index (χ0) is 27.9. The lowest BCUT2D eigenvalue weighted by atomic mass is 10.1. The number of unbranched alkanes of at least 4 members (excludes halogenated alkanes) is 1. The van der Waals surface area contributed by atoms with E-state index in [-0.39, 0.29) is 12.5 Å². The highest BCUT2D eigenvalue weighted by molar-refractivity contribution is 5.66. The van der Waals surface area contributed by atoms with E-state index in [1.807, 2.05) is 12.4 Å². The molecule has 2 aromatic heterocycles. The summed E-state index contributed by atoms with van der Waals surface area (Å²) in [6.07, 6.45) is 12.0. The number of aromatic amines is 2. The molecule has 214 valence electrons. The van der Waals surface area contributed by atoms with Crippen LogP contribution >= 0.6 is 0 Å². The van der Waals surface area contributed by atoms with Gasteiger partial charge in [-0.15, -0.1) is 0 Å². The summed E-state index contributed by atoms with van der Waals surface area (Å²) < 4.78 is 0. The monoisotopic (exact) mass is 537 g/mol. The maximum Gasteiger partial charge on any atom is 0.304 e. The molecule has 9 nitrogen and oxygen atoms in total. The molecule has 0 saturated carbocycles. The Morgan fingerprint density at radius 1 is 0.821 bits per heavy atom. The molecule has 0 aliphatic rings. The molecule has 0 saturated heterocycles. The van der Waals surface area contributed by atoms with Gasteiger partial charge in [-0.2, -0.15) is 0 Å². The molecule has 0 bridgehead atoms. The van der Waals surface area contributed by atoms with Gasteiger partial charge in [0.15, 0.2) is 0 Å². The van der Waals surface area contributed by atoms with Crippen molar-refractivity contribution >= 4 is 5.97 Å². The molecule has 9 heteroatoms. The Balaban J connectivity index is 1.58. The predicted molar refractivity (Wildman–Crippen MR) is 155 cm³/mol. The molecule has 3 rings (SSSR count). The first-order valence-corrected chi connectivity index (χ1v) is 14.4. The van der Waals surface area contributed by atoms with Crippen molar-refractivity contribution in [2.24, 2.45) is 0 Å². The van der Waals surface area contributed by atoms with Crippen LogP contribution in [-0.4, -0.2) is 78.4 Å². The fourth-order valence-corrected chi connectivity index (χ4v) is 4.99. The molecule has 1 atom stereocenters. The maximum absolute atomic E-state index is 11.3. The molecule has 3 aromatic rings. The van der Waals surface area contributed by atoms with Crippen molar-refractivity contribution in [1.29, 1.82) is 0 Å². The van der Waals surface area contributed by atoms with Crippen molar-refractivity contribution in [3.05, 3.63) is 71.8 Å². The number of carbonyl (C=O) groups is 1. The van der Waals surface area contributed by atoms with E-state index in [1.54, 1.807) is 12.4 Å². The maximum atomic E-state index is 11.3. The van der Waals surface area contributed by atoms with Crippen LogP contribution in [0.1, 0.15) is 81.7 Å². The average molecular weight is 538 g/mol. The summed E-state index contributed by atoms with van der Waals surface area (Å²) >= 11 is 0. The number of hydrogen-bond donors (Lipinski definition) is 3. The molecule has 3 N–H and O–H groups in total. The molecule has 0 radical (unpaired) electrons. The van der Waals surface area contributed by atoms with Crippen molar-refractivity contribution < 1.29 is 9.90 Å². The number of benzene rings is 1. The van der Waals surface area contributed by atoms with Gasteiger partial charge in [0.2, 0.25) is 0 Å². The van der Waals surface area contributed by atoms with Gasteiger partial charge in [0.1, 0.15) is 11.6 Å². The molecule has 0 aliphatic heterocycles. The number of nitrogens with zero attached hydrogens (tertiary/aromatic N) is 5. The lowest BCUT2D eigenvalue weighted by Crippen LogP contribution is -2.29. The number of H-pyrrole nitrogens is 2. The van der Waals surface area contributed by atoms with Gasteiger partial charge in [0, 0.05) is 44.4 Å². The number of hydrogen-bond acceptors (Lipinski definition) is 6. The second kappa shape index (κ2) is 16.8. The SMILES string of the molecule is CCCN(CCC)CCCCN(CCC(=O)O)Cc1ccc(CN(Cc2ncc[nH]2)C(C)c2ncc[nH]2)cc1. The molecule has 39 heavy (non-hydrogen) atoms. The third kappa shape index (κ3) is 10.9. The summed E-state index contributed by atoms with van der Waals surface area (Å²) in [7, 11) is 0. The number of imidazole rings is 2. The van der Waals surface area contributed by atoms with Crippen LogP contribution in [0, 0.1) is 0 Å². The Kier molecular flexibility index (Phi) is 13.2. The highest BCUT2D eigenvalue weighted by Crippen LogP contribution is 2.22. The Labute approximate surface area is 233 Å². The van der Waals surface area contributed by atoms with Gasteiger partial charge < -0.3 is 20.0 Å². The number of carboxylic acid groups (broad SMARTS) is 1. The van der Waals surface area contributed by atoms with Crippen molar-refractivity contribution in [2.45, 2.75) is 78.6 Å². The van der Waals surface area contributed by atoms with Crippen LogP contribution in [0.3, 0.4) is 0 Å². The van der Waals surface area contributed by atoms with Gasteiger partial charge >= 0.3 is 5.97 Å². The van der Waals surface area contributed by atoms with Crippen LogP contribution < -0.4 is 0 Å². The number of aliphatic carboxylic acids is 1. The van der Waals surface area contributed by atoms with Crippen LogP contribution in [0.5, 0.6) is 0 Å². The first kappa shape index (κ1) is 30.5. The highest BCUT2D eigenvalue weighted by Gasteiger charge is 2.19. The third-order valence-electron chi connectivity index (χ3n) is 7.11. The first-order valence-electron chi connectivity index (χ1n) is 14.4. The van der Waals surface area contributed by atoms with Gasteiger partial charge in [0.25, 0.3) is 0 Å². The van der Waals surface area contributed by atoms with Gasteiger partial charge in [-0.3, -0.25) is 14.6 Å². The molecular formula is C30H47N7O2. The topological polar surface area (TPSA) is 104 Å². The number of rotatable bonds is 20. The summed E-state index contributed by atoms with van der Waals surface area (Å²) in [4.78, 5) is 33.8. The van der Waals surface area contributed by atoms with E-state index < -0.39 is 5.97 Å². The second-order valence-corrected chi connectivity index (χ2v) is 10.4. The predicted octanol–water partition coefficient (Wildman–Crippen LogP) is 5.08. The van der Waals surface area contributed by atoms with E-state index in [0.29, 0.717) is 13.1 Å². The lowest BCUT2D eigenvalue weighted by Gasteiger charge is -2.27. The van der Waals surface area contributed by atoms with Crippen molar-refractivity contribution in [3.8, 4) is 0 Å². The molecule has 2 heterocycles. The Hall–Kier alpha value is -3.01. The average Bonchev–Trinajstić information content (AvgIpc) is 3.65. The van der Waals surface area contributed by atoms with Crippen LogP contribution in [-0.2, 0) is 24.4 Å². The minimum atomic E-state index is -0.741. The van der Waals surface area contributed by atoms with Gasteiger partial charge in [-0.1, -0.05) is 38.1 Å². The van der Waals surface area contributed by atoms with Crippen LogP contribution in [0.15, 0.2) is 49.1 Å². The molecule has 0 aliphatic carbocycles. The number of carboxylic acids is 1. The smallest absolute Gasteiger partial charge is 0.304 e. The fraction of sp³-hybridized carbons (Fsp3) is 0.567. The highest BCUT2D eigenvalue weighted by atomic mass is 16.4. The zero-order valence-electron chi connectivity index (χ0n) is 24.0.